The number of nitrogens with one attached hydrogen (secondary N) is 3. The summed E-state index contributed by atoms with van der Waals surface area (Å²) in [6.07, 6.45) is 6.95. The van der Waals surface area contributed by atoms with Crippen LogP contribution in [-0.4, -0.2) is 107 Å². The maximum atomic E-state index is 13.9. The van der Waals surface area contributed by atoms with Gasteiger partial charge in [-0.15, -0.1) is 0 Å². The third-order valence-corrected chi connectivity index (χ3v) is 13.3. The van der Waals surface area contributed by atoms with Gasteiger partial charge < -0.3 is 20.3 Å². The minimum atomic E-state index is -3.87. The molecule has 1 aromatic rings. The van der Waals surface area contributed by atoms with E-state index >= 15 is 0 Å². The minimum absolute atomic E-state index is 0.0374. The predicted octanol–water partition coefficient (Wildman–Crippen LogP) is 1.20. The van der Waals surface area contributed by atoms with Crippen molar-refractivity contribution in [3.8, 4) is 0 Å². The SMILES string of the molecule is CN(C)S(=O)(=O)c1ccc2c(c1)CCN2C(=O)OC1CC2C(=O)NC3(C(=O)NS(=O)(=O)C4CC4)CC3/C=C/CCCCCNC(=O)N2C1. The van der Waals surface area contributed by atoms with E-state index in [4.69, 9.17) is 4.74 Å². The number of carbonyl (C=O) groups is 4. The molecule has 15 nitrogen and oxygen atoms in total. The van der Waals surface area contributed by atoms with Crippen LogP contribution in [0.2, 0.25) is 0 Å². The average molecular weight is 707 g/mol. The molecule has 2 aliphatic carbocycles. The second kappa shape index (κ2) is 13.0. The number of sulfonamides is 2. The number of hydrogen-bond acceptors (Lipinski definition) is 9. The van der Waals surface area contributed by atoms with Crippen molar-refractivity contribution in [2.45, 2.75) is 85.6 Å². The molecule has 3 heterocycles. The topological polar surface area (TPSA) is 192 Å². The third-order valence-electron chi connectivity index (χ3n) is 9.70. The summed E-state index contributed by atoms with van der Waals surface area (Å²) in [4.78, 5) is 56.8. The Balaban J connectivity index is 1.19. The van der Waals surface area contributed by atoms with Gasteiger partial charge in [0.15, 0.2) is 0 Å². The average Bonchev–Trinajstić information content (AvgIpc) is 3.92. The van der Waals surface area contributed by atoms with Gasteiger partial charge in [-0.05, 0) is 68.7 Å². The number of carbonyl (C=O) groups excluding carboxylic acids is 4. The smallest absolute Gasteiger partial charge is 0.414 e. The molecule has 6 rings (SSSR count). The molecule has 17 heteroatoms. The highest BCUT2D eigenvalue weighted by Gasteiger charge is 2.62. The van der Waals surface area contributed by atoms with Crippen LogP contribution < -0.4 is 20.3 Å². The van der Waals surface area contributed by atoms with Gasteiger partial charge in [-0.2, -0.15) is 0 Å². The fourth-order valence-electron chi connectivity index (χ4n) is 6.59. The zero-order valence-corrected chi connectivity index (χ0v) is 28.6. The first kappa shape index (κ1) is 34.2. The van der Waals surface area contributed by atoms with Gasteiger partial charge in [0.1, 0.15) is 17.7 Å². The monoisotopic (exact) mass is 706 g/mol. The Labute approximate surface area is 280 Å². The lowest BCUT2D eigenvalue weighted by molar-refractivity contribution is -0.131. The van der Waals surface area contributed by atoms with Crippen molar-refractivity contribution < 1.29 is 40.8 Å². The quantitative estimate of drug-likeness (QED) is 0.365. The molecular formula is C31H42N6O9S2. The number of hydrogen-bond donors (Lipinski definition) is 3. The number of amides is 5. The molecule has 1 aromatic carbocycles. The molecule has 3 aliphatic heterocycles. The van der Waals surface area contributed by atoms with E-state index in [2.05, 4.69) is 15.4 Å². The molecule has 4 atom stereocenters. The zero-order chi connectivity index (χ0) is 34.4. The van der Waals surface area contributed by atoms with Crippen LogP contribution in [-0.2, 0) is 40.8 Å². The Morgan fingerprint density at radius 2 is 1.85 bits per heavy atom. The van der Waals surface area contributed by atoms with Crippen LogP contribution in [0, 0.1) is 5.92 Å². The molecule has 0 bridgehead atoms. The van der Waals surface area contributed by atoms with Gasteiger partial charge >= 0.3 is 12.1 Å². The first-order valence-electron chi connectivity index (χ1n) is 16.4. The summed E-state index contributed by atoms with van der Waals surface area (Å²) in [6.45, 7) is 0.577. The Morgan fingerprint density at radius 3 is 2.58 bits per heavy atom. The maximum Gasteiger partial charge on any atom is 0.414 e. The largest absolute Gasteiger partial charge is 0.444 e. The molecular weight excluding hydrogens is 665 g/mol. The van der Waals surface area contributed by atoms with Crippen molar-refractivity contribution in [1.29, 1.82) is 0 Å². The van der Waals surface area contributed by atoms with E-state index in [1.165, 1.54) is 30.0 Å². The van der Waals surface area contributed by atoms with E-state index in [-0.39, 0.29) is 30.8 Å². The number of anilines is 1. The lowest BCUT2D eigenvalue weighted by atomic mass is 10.1. The van der Waals surface area contributed by atoms with E-state index in [0.29, 0.717) is 37.1 Å². The summed E-state index contributed by atoms with van der Waals surface area (Å²) in [7, 11) is -4.64. The van der Waals surface area contributed by atoms with E-state index in [0.717, 1.165) is 30.0 Å². The number of benzene rings is 1. The molecule has 0 aromatic heterocycles. The molecule has 262 valence electrons. The highest BCUT2D eigenvalue weighted by Crippen LogP contribution is 2.46. The number of nitrogens with zero attached hydrogens (tertiary/aromatic N) is 3. The first-order chi connectivity index (χ1) is 22.7. The molecule has 0 spiro atoms. The van der Waals surface area contributed by atoms with Crippen LogP contribution >= 0.6 is 0 Å². The summed E-state index contributed by atoms with van der Waals surface area (Å²) in [5.74, 6) is -1.86. The summed E-state index contributed by atoms with van der Waals surface area (Å²) < 4.78 is 59.6. The summed E-state index contributed by atoms with van der Waals surface area (Å²) in [5.41, 5.74) is -0.291. The number of allylic oxidation sites excluding steroid dienone is 1. The normalized spacial score (nSPS) is 28.6. The van der Waals surface area contributed by atoms with Gasteiger partial charge in [-0.1, -0.05) is 18.6 Å². The lowest BCUT2D eigenvalue weighted by Crippen LogP contribution is -2.57. The zero-order valence-electron chi connectivity index (χ0n) is 27.0. The highest BCUT2D eigenvalue weighted by molar-refractivity contribution is 7.91. The standard InChI is InChI=1S/C31H42N6O9S2/c1-35(2)48(44,45)24-11-12-25-20(16-24)13-15-36(25)30(41)46-22-17-26-27(38)33-31(28(39)34-47(42,43)23-9-10-23)18-21(31)8-6-4-3-5-7-14-32-29(40)37(26)19-22/h6,8,11-12,16,21-23,26H,3-5,7,9-10,13-15,17-19H2,1-2H3,(H,32,40)(H,33,38)(H,34,39)/b8-6+. The Hall–Kier alpha value is -3.70. The fraction of sp³-hybridized carbons (Fsp3) is 0.613. The van der Waals surface area contributed by atoms with Crippen molar-refractivity contribution in [3.63, 3.8) is 0 Å². The molecule has 0 radical (unpaired) electrons. The van der Waals surface area contributed by atoms with Crippen LogP contribution in [0.15, 0.2) is 35.2 Å². The van der Waals surface area contributed by atoms with Crippen LogP contribution in [0.4, 0.5) is 15.3 Å². The highest BCUT2D eigenvalue weighted by atomic mass is 32.2. The van der Waals surface area contributed by atoms with Gasteiger partial charge in [0.2, 0.25) is 26.0 Å². The van der Waals surface area contributed by atoms with Crippen molar-refractivity contribution in [2.24, 2.45) is 5.92 Å². The Kier molecular flexibility index (Phi) is 9.23. The van der Waals surface area contributed by atoms with Crippen molar-refractivity contribution in [3.05, 3.63) is 35.9 Å². The molecule has 5 aliphatic rings. The number of ether oxygens (including phenoxy) is 1. The number of urea groups is 1. The fourth-order valence-corrected chi connectivity index (χ4v) is 8.91. The van der Waals surface area contributed by atoms with E-state index in [1.54, 1.807) is 12.1 Å². The molecule has 3 fully saturated rings. The van der Waals surface area contributed by atoms with Crippen LogP contribution in [0.1, 0.15) is 56.9 Å². The molecule has 4 unspecified atom stereocenters. The van der Waals surface area contributed by atoms with Crippen LogP contribution in [0.25, 0.3) is 0 Å². The third kappa shape index (κ3) is 6.76. The molecule has 48 heavy (non-hydrogen) atoms. The van der Waals surface area contributed by atoms with Crippen molar-refractivity contribution in [1.82, 2.24) is 24.6 Å². The van der Waals surface area contributed by atoms with E-state index in [1.807, 2.05) is 12.2 Å². The lowest BCUT2D eigenvalue weighted by Gasteiger charge is -2.26. The van der Waals surface area contributed by atoms with Gasteiger partial charge in [-0.3, -0.25) is 19.2 Å². The number of rotatable bonds is 6. The summed E-state index contributed by atoms with van der Waals surface area (Å²) in [5, 5.41) is 5.01. The number of fused-ring (bicyclic) bond motifs is 3. The van der Waals surface area contributed by atoms with Crippen molar-refractivity contribution in [2.75, 3.05) is 38.6 Å². The minimum Gasteiger partial charge on any atom is -0.444 e. The van der Waals surface area contributed by atoms with Gasteiger partial charge in [0, 0.05) is 39.5 Å². The summed E-state index contributed by atoms with van der Waals surface area (Å²) in [6, 6.07) is 2.94. The second-order valence-corrected chi connectivity index (χ2v) is 17.5. The second-order valence-electron chi connectivity index (χ2n) is 13.3. The van der Waals surface area contributed by atoms with E-state index < -0.39 is 72.8 Å². The van der Waals surface area contributed by atoms with E-state index in [9.17, 15) is 36.0 Å². The maximum absolute atomic E-state index is 13.9. The van der Waals surface area contributed by atoms with Crippen molar-refractivity contribution >= 4 is 49.7 Å². The van der Waals surface area contributed by atoms with Crippen LogP contribution in [0.3, 0.4) is 0 Å². The van der Waals surface area contributed by atoms with Gasteiger partial charge in [0.05, 0.1) is 22.4 Å². The molecule has 1 saturated heterocycles. The summed E-state index contributed by atoms with van der Waals surface area (Å²) >= 11 is 0. The molecule has 3 N–H and O–H groups in total. The first-order valence-corrected chi connectivity index (χ1v) is 19.3. The van der Waals surface area contributed by atoms with Crippen LogP contribution in [0.5, 0.6) is 0 Å². The Bertz CT molecular complexity index is 1740. The Morgan fingerprint density at radius 1 is 1.08 bits per heavy atom. The molecule has 5 amide bonds. The molecule has 2 saturated carbocycles. The predicted molar refractivity (Wildman–Crippen MR) is 174 cm³/mol. The van der Waals surface area contributed by atoms with Gasteiger partial charge in [0.25, 0.3) is 5.91 Å². The van der Waals surface area contributed by atoms with Gasteiger partial charge in [-0.25, -0.2) is 30.7 Å².